The van der Waals surface area contributed by atoms with E-state index in [0.717, 1.165) is 6.42 Å². The summed E-state index contributed by atoms with van der Waals surface area (Å²) < 4.78 is 25.4. The zero-order valence-corrected chi connectivity index (χ0v) is 11.6. The fourth-order valence-corrected chi connectivity index (χ4v) is 4.03. The number of hydrogen-bond acceptors (Lipinski definition) is 3. The van der Waals surface area contributed by atoms with Crippen LogP contribution in [-0.4, -0.2) is 36.6 Å². The van der Waals surface area contributed by atoms with Crippen LogP contribution in [0.4, 0.5) is 0 Å². The van der Waals surface area contributed by atoms with Gasteiger partial charge in [0.1, 0.15) is 5.75 Å². The second-order valence-corrected chi connectivity index (χ2v) is 6.97. The van der Waals surface area contributed by atoms with Gasteiger partial charge < -0.3 is 5.73 Å². The van der Waals surface area contributed by atoms with E-state index in [-0.39, 0.29) is 16.7 Å². The minimum absolute atomic E-state index is 0.0261. The maximum absolute atomic E-state index is 12.0. The maximum Gasteiger partial charge on any atom is 0.220 e. The summed E-state index contributed by atoms with van der Waals surface area (Å²) >= 11 is 4.67. The molecule has 1 aromatic carbocycles. The molecular formula is C12H16N2O2S2. The van der Waals surface area contributed by atoms with E-state index >= 15 is 0 Å². The zero-order valence-electron chi connectivity index (χ0n) is 9.95. The van der Waals surface area contributed by atoms with E-state index in [1.165, 1.54) is 9.87 Å². The van der Waals surface area contributed by atoms with Crippen LogP contribution in [0.2, 0.25) is 0 Å². The minimum Gasteiger partial charge on any atom is -0.392 e. The third-order valence-electron chi connectivity index (χ3n) is 3.14. The molecular weight excluding hydrogens is 268 g/mol. The van der Waals surface area contributed by atoms with Crippen LogP contribution < -0.4 is 5.73 Å². The Morgan fingerprint density at radius 1 is 1.39 bits per heavy atom. The summed E-state index contributed by atoms with van der Waals surface area (Å²) in [4.78, 5) is 0.0261. The largest absolute Gasteiger partial charge is 0.392 e. The quantitative estimate of drug-likeness (QED) is 0.841. The molecule has 1 aliphatic heterocycles. The first-order valence-corrected chi connectivity index (χ1v) is 7.82. The number of thiocarbonyl (C=S) groups is 1. The van der Waals surface area contributed by atoms with Crippen molar-refractivity contribution in [2.45, 2.75) is 12.3 Å². The fourth-order valence-electron chi connectivity index (χ4n) is 2.25. The van der Waals surface area contributed by atoms with Gasteiger partial charge in [-0.2, -0.15) is 0 Å². The molecule has 0 bridgehead atoms. The SMILES string of the molecule is NC(=S)CS(=O)(=O)N1CCC(c2ccccc2)C1. The van der Waals surface area contributed by atoms with Crippen LogP contribution in [0.3, 0.4) is 0 Å². The molecule has 1 aliphatic rings. The average Bonchev–Trinajstić information content (AvgIpc) is 2.78. The summed E-state index contributed by atoms with van der Waals surface area (Å²) in [5.74, 6) is 0.0384. The molecule has 1 aromatic rings. The van der Waals surface area contributed by atoms with Gasteiger partial charge >= 0.3 is 0 Å². The first-order chi connectivity index (χ1) is 8.49. The Morgan fingerprint density at radius 3 is 2.67 bits per heavy atom. The van der Waals surface area contributed by atoms with Gasteiger partial charge in [0.15, 0.2) is 0 Å². The van der Waals surface area contributed by atoms with Crippen molar-refractivity contribution in [1.82, 2.24) is 4.31 Å². The van der Waals surface area contributed by atoms with Crippen LogP contribution in [0, 0.1) is 0 Å². The van der Waals surface area contributed by atoms with Gasteiger partial charge in [0.05, 0.1) is 4.99 Å². The van der Waals surface area contributed by atoms with Crippen LogP contribution in [0.25, 0.3) is 0 Å². The van der Waals surface area contributed by atoms with E-state index in [2.05, 4.69) is 12.2 Å². The molecule has 1 heterocycles. The molecule has 0 aliphatic carbocycles. The highest BCUT2D eigenvalue weighted by Gasteiger charge is 2.32. The van der Waals surface area contributed by atoms with Gasteiger partial charge in [0.2, 0.25) is 10.0 Å². The van der Waals surface area contributed by atoms with Gasteiger partial charge in [-0.25, -0.2) is 12.7 Å². The molecule has 1 atom stereocenters. The fraction of sp³-hybridized carbons (Fsp3) is 0.417. The van der Waals surface area contributed by atoms with Crippen LogP contribution >= 0.6 is 12.2 Å². The number of benzene rings is 1. The second-order valence-electron chi connectivity index (χ2n) is 4.48. The molecule has 2 N–H and O–H groups in total. The average molecular weight is 284 g/mol. The van der Waals surface area contributed by atoms with Crippen molar-refractivity contribution >= 4 is 27.2 Å². The number of nitrogens with zero attached hydrogens (tertiary/aromatic N) is 1. The smallest absolute Gasteiger partial charge is 0.220 e. The van der Waals surface area contributed by atoms with E-state index in [9.17, 15) is 8.42 Å². The van der Waals surface area contributed by atoms with Gasteiger partial charge in [-0.3, -0.25) is 0 Å². The van der Waals surface area contributed by atoms with Crippen molar-refractivity contribution in [3.8, 4) is 0 Å². The van der Waals surface area contributed by atoms with Crippen LogP contribution in [0.1, 0.15) is 17.9 Å². The summed E-state index contributed by atoms with van der Waals surface area (Å²) in [5.41, 5.74) is 6.50. The standard InChI is InChI=1S/C12H16N2O2S2/c13-12(17)9-18(15,16)14-7-6-11(8-14)10-4-2-1-3-5-10/h1-5,11H,6-9H2,(H2,13,17). The van der Waals surface area contributed by atoms with Gasteiger partial charge in [-0.05, 0) is 17.9 Å². The van der Waals surface area contributed by atoms with Crippen molar-refractivity contribution in [3.05, 3.63) is 35.9 Å². The molecule has 98 valence electrons. The lowest BCUT2D eigenvalue weighted by Gasteiger charge is -2.16. The van der Waals surface area contributed by atoms with Gasteiger partial charge in [0.25, 0.3) is 0 Å². The summed E-state index contributed by atoms with van der Waals surface area (Å²) in [7, 11) is -3.33. The van der Waals surface area contributed by atoms with Crippen LogP contribution in [0.5, 0.6) is 0 Å². The van der Waals surface area contributed by atoms with Crippen molar-refractivity contribution in [3.63, 3.8) is 0 Å². The Labute approximate surface area is 113 Å². The molecule has 0 amide bonds. The van der Waals surface area contributed by atoms with Crippen LogP contribution in [-0.2, 0) is 10.0 Å². The Balaban J connectivity index is 2.07. The first-order valence-electron chi connectivity index (χ1n) is 5.80. The third-order valence-corrected chi connectivity index (χ3v) is 5.26. The van der Waals surface area contributed by atoms with E-state index in [4.69, 9.17) is 5.73 Å². The minimum atomic E-state index is -3.33. The molecule has 0 saturated carbocycles. The van der Waals surface area contributed by atoms with Gasteiger partial charge in [0, 0.05) is 13.1 Å². The summed E-state index contributed by atoms with van der Waals surface area (Å²) in [5, 5.41) is 0. The van der Waals surface area contributed by atoms with Crippen molar-refractivity contribution in [1.29, 1.82) is 0 Å². The zero-order chi connectivity index (χ0) is 13.2. The molecule has 1 fully saturated rings. The molecule has 0 radical (unpaired) electrons. The molecule has 0 spiro atoms. The number of nitrogens with two attached hydrogens (primary N) is 1. The first kappa shape index (κ1) is 13.5. The number of rotatable bonds is 4. The Bertz CT molecular complexity index is 528. The summed E-state index contributed by atoms with van der Waals surface area (Å²) in [6.07, 6.45) is 0.848. The Hall–Kier alpha value is -0.980. The molecule has 1 unspecified atom stereocenters. The van der Waals surface area contributed by atoms with Gasteiger partial charge in [-0.15, -0.1) is 0 Å². The highest BCUT2D eigenvalue weighted by atomic mass is 32.2. The lowest BCUT2D eigenvalue weighted by molar-refractivity contribution is 0.476. The van der Waals surface area contributed by atoms with E-state index in [1.54, 1.807) is 0 Å². The van der Waals surface area contributed by atoms with Crippen molar-refractivity contribution in [2.75, 3.05) is 18.8 Å². The third kappa shape index (κ3) is 3.07. The van der Waals surface area contributed by atoms with E-state index in [0.29, 0.717) is 13.1 Å². The normalized spacial score (nSPS) is 21.0. The lowest BCUT2D eigenvalue weighted by Crippen LogP contribution is -2.35. The summed E-state index contributed by atoms with van der Waals surface area (Å²) in [6.45, 7) is 1.07. The Morgan fingerprint density at radius 2 is 2.06 bits per heavy atom. The topological polar surface area (TPSA) is 63.4 Å². The number of hydrogen-bond donors (Lipinski definition) is 1. The highest BCUT2D eigenvalue weighted by molar-refractivity contribution is 7.92. The maximum atomic E-state index is 12.0. The highest BCUT2D eigenvalue weighted by Crippen LogP contribution is 2.28. The molecule has 2 rings (SSSR count). The number of sulfonamides is 1. The van der Waals surface area contributed by atoms with E-state index < -0.39 is 10.0 Å². The summed E-state index contributed by atoms with van der Waals surface area (Å²) in [6, 6.07) is 9.98. The van der Waals surface area contributed by atoms with Crippen molar-refractivity contribution in [2.24, 2.45) is 5.73 Å². The Kier molecular flexibility index (Phi) is 3.99. The molecule has 0 aromatic heterocycles. The molecule has 18 heavy (non-hydrogen) atoms. The lowest BCUT2D eigenvalue weighted by atomic mass is 9.99. The monoisotopic (exact) mass is 284 g/mol. The van der Waals surface area contributed by atoms with Crippen molar-refractivity contribution < 1.29 is 8.42 Å². The molecule has 6 heteroatoms. The predicted molar refractivity (Wildman–Crippen MR) is 75.9 cm³/mol. The van der Waals surface area contributed by atoms with Gasteiger partial charge in [-0.1, -0.05) is 42.5 Å². The van der Waals surface area contributed by atoms with E-state index in [1.807, 2.05) is 30.3 Å². The molecule has 1 saturated heterocycles. The van der Waals surface area contributed by atoms with Crippen LogP contribution in [0.15, 0.2) is 30.3 Å². The molecule has 4 nitrogen and oxygen atoms in total. The predicted octanol–water partition coefficient (Wildman–Crippen LogP) is 1.09. The second kappa shape index (κ2) is 5.34.